The Morgan fingerprint density at radius 2 is 2.29 bits per heavy atom. The Morgan fingerprint density at radius 3 is 2.93 bits per heavy atom. The van der Waals surface area contributed by atoms with Gasteiger partial charge >= 0.3 is 5.97 Å². The number of carboxylic acid groups (broad SMARTS) is 1. The molecule has 14 heavy (non-hydrogen) atoms. The summed E-state index contributed by atoms with van der Waals surface area (Å²) in [6.07, 6.45) is 2.42. The number of aryl methyl sites for hydroxylation is 1. The fraction of sp³-hybridized carbons (Fsp3) is 0.417. The largest absolute Gasteiger partial charge is 0.481 e. The monoisotopic (exact) mass is 190 g/mol. The molecule has 2 nitrogen and oxygen atoms in total. The van der Waals surface area contributed by atoms with Crippen molar-refractivity contribution in [1.82, 2.24) is 0 Å². The number of carboxylic acids is 1. The van der Waals surface area contributed by atoms with Gasteiger partial charge in [-0.1, -0.05) is 25.1 Å². The van der Waals surface area contributed by atoms with Gasteiger partial charge in [0.05, 0.1) is 5.92 Å². The van der Waals surface area contributed by atoms with Crippen LogP contribution in [0.5, 0.6) is 0 Å². The maximum Gasteiger partial charge on any atom is 0.307 e. The van der Waals surface area contributed by atoms with Gasteiger partial charge in [-0.15, -0.1) is 0 Å². The van der Waals surface area contributed by atoms with Crippen molar-refractivity contribution in [2.24, 2.45) is 5.92 Å². The first kappa shape index (κ1) is 9.25. The molecule has 0 saturated carbocycles. The summed E-state index contributed by atoms with van der Waals surface area (Å²) in [5.74, 6) is -0.860. The van der Waals surface area contributed by atoms with Gasteiger partial charge in [-0.3, -0.25) is 4.79 Å². The van der Waals surface area contributed by atoms with Crippen molar-refractivity contribution in [2.45, 2.75) is 26.2 Å². The fourth-order valence-electron chi connectivity index (χ4n) is 2.23. The van der Waals surface area contributed by atoms with Crippen LogP contribution < -0.4 is 0 Å². The minimum absolute atomic E-state index is 0.197. The Morgan fingerprint density at radius 1 is 1.50 bits per heavy atom. The van der Waals surface area contributed by atoms with Crippen LogP contribution in [0.25, 0.3) is 0 Å². The van der Waals surface area contributed by atoms with E-state index in [-0.39, 0.29) is 5.92 Å². The molecule has 1 aromatic carbocycles. The van der Waals surface area contributed by atoms with Crippen LogP contribution in [-0.4, -0.2) is 11.1 Å². The summed E-state index contributed by atoms with van der Waals surface area (Å²) in [6, 6.07) is 6.18. The third-order valence-corrected chi connectivity index (χ3v) is 3.02. The van der Waals surface area contributed by atoms with Gasteiger partial charge in [-0.05, 0) is 36.0 Å². The Bertz CT molecular complexity index is 369. The van der Waals surface area contributed by atoms with Gasteiger partial charge < -0.3 is 5.11 Å². The zero-order valence-electron chi connectivity index (χ0n) is 8.29. The van der Waals surface area contributed by atoms with E-state index in [2.05, 4.69) is 19.1 Å². The molecule has 0 saturated heterocycles. The van der Waals surface area contributed by atoms with Crippen LogP contribution in [0.3, 0.4) is 0 Å². The van der Waals surface area contributed by atoms with Gasteiger partial charge in [0.25, 0.3) is 0 Å². The van der Waals surface area contributed by atoms with Gasteiger partial charge in [0.15, 0.2) is 0 Å². The molecule has 0 heterocycles. The number of fused-ring (bicyclic) bond motifs is 1. The molecule has 2 heteroatoms. The van der Waals surface area contributed by atoms with Crippen molar-refractivity contribution in [1.29, 1.82) is 0 Å². The quantitative estimate of drug-likeness (QED) is 0.775. The molecule has 1 N–H and O–H groups in total. The number of hydrogen-bond acceptors (Lipinski definition) is 1. The molecule has 1 aliphatic rings. The number of benzene rings is 1. The molecule has 1 aliphatic carbocycles. The third-order valence-electron chi connectivity index (χ3n) is 3.02. The summed E-state index contributed by atoms with van der Waals surface area (Å²) in [5, 5.41) is 8.95. The molecular formula is C12H14O2. The summed E-state index contributed by atoms with van der Waals surface area (Å²) >= 11 is 0. The molecule has 0 bridgehead atoms. The summed E-state index contributed by atoms with van der Waals surface area (Å²) in [5.41, 5.74) is 3.82. The predicted octanol–water partition coefficient (Wildman–Crippen LogP) is 2.05. The molecule has 0 spiro atoms. The van der Waals surface area contributed by atoms with Crippen LogP contribution >= 0.6 is 0 Å². The second kappa shape index (κ2) is 3.45. The molecule has 0 amide bonds. The molecular weight excluding hydrogens is 176 g/mol. The van der Waals surface area contributed by atoms with E-state index in [9.17, 15) is 4.79 Å². The van der Waals surface area contributed by atoms with Gasteiger partial charge in [0.2, 0.25) is 0 Å². The second-order valence-corrected chi connectivity index (χ2v) is 3.85. The zero-order chi connectivity index (χ0) is 10.1. The van der Waals surface area contributed by atoms with Gasteiger partial charge in [0, 0.05) is 0 Å². The molecule has 0 aromatic heterocycles. The minimum atomic E-state index is -0.664. The number of carbonyl (C=O) groups is 1. The molecule has 1 aromatic rings. The van der Waals surface area contributed by atoms with E-state index in [4.69, 9.17) is 5.11 Å². The predicted molar refractivity (Wildman–Crippen MR) is 54.4 cm³/mol. The highest BCUT2D eigenvalue weighted by molar-refractivity contribution is 5.72. The fourth-order valence-corrected chi connectivity index (χ4v) is 2.23. The summed E-state index contributed by atoms with van der Waals surface area (Å²) in [4.78, 5) is 10.9. The van der Waals surface area contributed by atoms with Crippen LogP contribution in [0, 0.1) is 5.92 Å². The van der Waals surface area contributed by atoms with E-state index in [1.807, 2.05) is 6.07 Å². The van der Waals surface area contributed by atoms with Crippen molar-refractivity contribution in [2.75, 3.05) is 0 Å². The molecule has 2 rings (SSSR count). The maximum absolute atomic E-state index is 10.9. The Balaban J connectivity index is 2.34. The lowest BCUT2D eigenvalue weighted by Crippen LogP contribution is -2.13. The highest BCUT2D eigenvalue weighted by Crippen LogP contribution is 2.29. The van der Waals surface area contributed by atoms with Gasteiger partial charge in [0.1, 0.15) is 0 Å². The van der Waals surface area contributed by atoms with Crippen LogP contribution in [0.1, 0.15) is 23.6 Å². The molecule has 74 valence electrons. The van der Waals surface area contributed by atoms with Crippen molar-refractivity contribution in [3.05, 3.63) is 34.9 Å². The first-order valence-electron chi connectivity index (χ1n) is 5.04. The number of rotatable bonds is 2. The summed E-state index contributed by atoms with van der Waals surface area (Å²) in [7, 11) is 0. The average molecular weight is 190 g/mol. The van der Waals surface area contributed by atoms with Crippen molar-refractivity contribution < 1.29 is 9.90 Å². The first-order chi connectivity index (χ1) is 6.72. The highest BCUT2D eigenvalue weighted by atomic mass is 16.4. The topological polar surface area (TPSA) is 37.3 Å². The maximum atomic E-state index is 10.9. The average Bonchev–Trinajstić information content (AvgIpc) is 2.60. The smallest absolute Gasteiger partial charge is 0.307 e. The zero-order valence-corrected chi connectivity index (χ0v) is 8.29. The lowest BCUT2D eigenvalue weighted by atomic mass is 10.0. The van der Waals surface area contributed by atoms with Crippen LogP contribution in [0.2, 0.25) is 0 Å². The Kier molecular flexibility index (Phi) is 2.28. The van der Waals surface area contributed by atoms with Crippen molar-refractivity contribution >= 4 is 5.97 Å². The van der Waals surface area contributed by atoms with Crippen LogP contribution in [-0.2, 0) is 24.1 Å². The Hall–Kier alpha value is -1.31. The standard InChI is InChI=1S/C12H14O2/c1-2-8-4-3-5-9-6-10(12(13)14)7-11(8)9/h3-5,10H,2,6-7H2,1H3,(H,13,14). The summed E-state index contributed by atoms with van der Waals surface area (Å²) in [6.45, 7) is 2.11. The number of aliphatic carboxylic acids is 1. The van der Waals surface area contributed by atoms with E-state index >= 15 is 0 Å². The van der Waals surface area contributed by atoms with Gasteiger partial charge in [-0.2, -0.15) is 0 Å². The van der Waals surface area contributed by atoms with Crippen molar-refractivity contribution in [3.8, 4) is 0 Å². The van der Waals surface area contributed by atoms with E-state index in [1.165, 1.54) is 16.7 Å². The second-order valence-electron chi connectivity index (χ2n) is 3.85. The van der Waals surface area contributed by atoms with E-state index in [0.29, 0.717) is 12.8 Å². The van der Waals surface area contributed by atoms with E-state index < -0.39 is 5.97 Å². The Labute approximate surface area is 83.6 Å². The minimum Gasteiger partial charge on any atom is -0.481 e. The number of hydrogen-bond donors (Lipinski definition) is 1. The SMILES string of the molecule is CCc1cccc2c1CC(C(=O)O)C2. The summed E-state index contributed by atoms with van der Waals surface area (Å²) < 4.78 is 0. The molecule has 1 atom stereocenters. The third kappa shape index (κ3) is 1.41. The van der Waals surface area contributed by atoms with Crippen LogP contribution in [0.15, 0.2) is 18.2 Å². The highest BCUT2D eigenvalue weighted by Gasteiger charge is 2.27. The molecule has 1 unspecified atom stereocenters. The van der Waals surface area contributed by atoms with Gasteiger partial charge in [-0.25, -0.2) is 0 Å². The molecule has 0 fully saturated rings. The molecule has 0 radical (unpaired) electrons. The first-order valence-corrected chi connectivity index (χ1v) is 5.04. The lowest BCUT2D eigenvalue weighted by Gasteiger charge is -2.04. The normalized spacial score (nSPS) is 19.4. The molecule has 0 aliphatic heterocycles. The van der Waals surface area contributed by atoms with Crippen molar-refractivity contribution in [3.63, 3.8) is 0 Å². The van der Waals surface area contributed by atoms with E-state index in [1.54, 1.807) is 0 Å². The van der Waals surface area contributed by atoms with Crippen LogP contribution in [0.4, 0.5) is 0 Å². The van der Waals surface area contributed by atoms with E-state index in [0.717, 1.165) is 6.42 Å². The lowest BCUT2D eigenvalue weighted by molar-refractivity contribution is -0.141.